The molecule has 0 radical (unpaired) electrons. The molecule has 0 heterocycles. The highest BCUT2D eigenvalue weighted by Crippen LogP contribution is 2.16. The number of hydrogen-bond donors (Lipinski definition) is 1. The SMILES string of the molecule is CCCc1ccc(C(N)CN(C)C(CC)CC)cc1. The Kier molecular flexibility index (Phi) is 7.11. The van der Waals surface area contributed by atoms with Gasteiger partial charge in [0, 0.05) is 18.6 Å². The molecule has 1 aromatic rings. The molecule has 1 unspecified atom stereocenters. The summed E-state index contributed by atoms with van der Waals surface area (Å²) in [6.07, 6.45) is 4.73. The van der Waals surface area contributed by atoms with Crippen molar-refractivity contribution < 1.29 is 0 Å². The van der Waals surface area contributed by atoms with Crippen molar-refractivity contribution >= 4 is 0 Å². The number of likely N-dealkylation sites (N-methyl/N-ethyl adjacent to an activating group) is 1. The van der Waals surface area contributed by atoms with E-state index in [4.69, 9.17) is 5.73 Å². The Balaban J connectivity index is 2.59. The molecule has 2 nitrogen and oxygen atoms in total. The molecule has 0 fully saturated rings. The number of hydrogen-bond acceptors (Lipinski definition) is 2. The van der Waals surface area contributed by atoms with E-state index in [9.17, 15) is 0 Å². The maximum absolute atomic E-state index is 6.33. The van der Waals surface area contributed by atoms with Crippen LogP contribution in [0.25, 0.3) is 0 Å². The van der Waals surface area contributed by atoms with E-state index in [1.54, 1.807) is 0 Å². The van der Waals surface area contributed by atoms with Gasteiger partial charge in [-0.2, -0.15) is 0 Å². The molecule has 19 heavy (non-hydrogen) atoms. The van der Waals surface area contributed by atoms with E-state index in [1.165, 1.54) is 30.4 Å². The van der Waals surface area contributed by atoms with Gasteiger partial charge in [0.2, 0.25) is 0 Å². The van der Waals surface area contributed by atoms with E-state index in [0.717, 1.165) is 13.0 Å². The molecule has 0 saturated carbocycles. The minimum atomic E-state index is 0.112. The van der Waals surface area contributed by atoms with Crippen LogP contribution in [-0.2, 0) is 6.42 Å². The second-order valence-electron chi connectivity index (χ2n) is 5.51. The van der Waals surface area contributed by atoms with Crippen molar-refractivity contribution in [3.63, 3.8) is 0 Å². The number of rotatable bonds is 8. The van der Waals surface area contributed by atoms with Crippen molar-refractivity contribution in [1.29, 1.82) is 0 Å². The van der Waals surface area contributed by atoms with Crippen LogP contribution < -0.4 is 5.73 Å². The molecule has 1 aromatic carbocycles. The standard InChI is InChI=1S/C17H30N2/c1-5-8-14-9-11-15(12-10-14)17(18)13-19(4)16(6-2)7-3/h9-12,16-17H,5-8,13,18H2,1-4H3. The smallest absolute Gasteiger partial charge is 0.0424 e. The van der Waals surface area contributed by atoms with Gasteiger partial charge in [-0.1, -0.05) is 51.5 Å². The summed E-state index contributed by atoms with van der Waals surface area (Å²) in [5.41, 5.74) is 8.98. The molecule has 1 atom stereocenters. The molecule has 0 aliphatic rings. The van der Waals surface area contributed by atoms with Crippen molar-refractivity contribution in [2.75, 3.05) is 13.6 Å². The van der Waals surface area contributed by atoms with Gasteiger partial charge >= 0.3 is 0 Å². The lowest BCUT2D eigenvalue weighted by Crippen LogP contribution is -2.36. The van der Waals surface area contributed by atoms with E-state index in [2.05, 4.69) is 57.0 Å². The largest absolute Gasteiger partial charge is 0.323 e. The summed E-state index contributed by atoms with van der Waals surface area (Å²) in [5.74, 6) is 0. The molecule has 0 aliphatic carbocycles. The van der Waals surface area contributed by atoms with Gasteiger partial charge in [-0.05, 0) is 37.4 Å². The predicted molar refractivity (Wildman–Crippen MR) is 84.4 cm³/mol. The number of aryl methyl sites for hydroxylation is 1. The van der Waals surface area contributed by atoms with Crippen LogP contribution in [0.4, 0.5) is 0 Å². The lowest BCUT2D eigenvalue weighted by molar-refractivity contribution is 0.217. The normalized spacial score (nSPS) is 13.2. The average Bonchev–Trinajstić information content (AvgIpc) is 2.41. The predicted octanol–water partition coefficient (Wildman–Crippen LogP) is 3.76. The van der Waals surface area contributed by atoms with Gasteiger partial charge in [-0.3, -0.25) is 0 Å². The fourth-order valence-corrected chi connectivity index (χ4v) is 2.70. The van der Waals surface area contributed by atoms with Crippen molar-refractivity contribution in [3.8, 4) is 0 Å². The zero-order valence-corrected chi connectivity index (χ0v) is 13.0. The highest BCUT2D eigenvalue weighted by atomic mass is 15.1. The fraction of sp³-hybridized carbons (Fsp3) is 0.647. The molecule has 2 heteroatoms. The van der Waals surface area contributed by atoms with E-state index < -0.39 is 0 Å². The Bertz CT molecular complexity index is 341. The third-order valence-corrected chi connectivity index (χ3v) is 4.00. The van der Waals surface area contributed by atoms with Gasteiger partial charge in [-0.15, -0.1) is 0 Å². The maximum atomic E-state index is 6.33. The average molecular weight is 262 g/mol. The molecule has 2 N–H and O–H groups in total. The first-order valence-electron chi connectivity index (χ1n) is 7.66. The first-order chi connectivity index (χ1) is 9.12. The number of nitrogens with two attached hydrogens (primary N) is 1. The van der Waals surface area contributed by atoms with Gasteiger partial charge in [0.15, 0.2) is 0 Å². The van der Waals surface area contributed by atoms with E-state index in [0.29, 0.717) is 6.04 Å². The summed E-state index contributed by atoms with van der Waals surface area (Å²) >= 11 is 0. The fourth-order valence-electron chi connectivity index (χ4n) is 2.70. The Morgan fingerprint density at radius 3 is 2.11 bits per heavy atom. The maximum Gasteiger partial charge on any atom is 0.0424 e. The summed E-state index contributed by atoms with van der Waals surface area (Å²) in [6, 6.07) is 9.57. The third kappa shape index (κ3) is 4.96. The first kappa shape index (κ1) is 16.2. The second-order valence-corrected chi connectivity index (χ2v) is 5.51. The van der Waals surface area contributed by atoms with Gasteiger partial charge in [0.05, 0.1) is 0 Å². The molecule has 0 amide bonds. The van der Waals surface area contributed by atoms with Crippen LogP contribution in [0.3, 0.4) is 0 Å². The zero-order chi connectivity index (χ0) is 14.3. The molecular weight excluding hydrogens is 232 g/mol. The summed E-state index contributed by atoms with van der Waals surface area (Å²) in [5, 5.41) is 0. The van der Waals surface area contributed by atoms with Crippen LogP contribution in [0.15, 0.2) is 24.3 Å². The van der Waals surface area contributed by atoms with Crippen LogP contribution in [0, 0.1) is 0 Å². The van der Waals surface area contributed by atoms with E-state index in [-0.39, 0.29) is 6.04 Å². The summed E-state index contributed by atoms with van der Waals surface area (Å²) in [7, 11) is 2.18. The molecule has 0 aliphatic heterocycles. The van der Waals surface area contributed by atoms with Gasteiger partial charge in [0.25, 0.3) is 0 Å². The summed E-state index contributed by atoms with van der Waals surface area (Å²) < 4.78 is 0. The molecule has 0 spiro atoms. The van der Waals surface area contributed by atoms with Gasteiger partial charge in [0.1, 0.15) is 0 Å². The van der Waals surface area contributed by atoms with Crippen LogP contribution in [0.2, 0.25) is 0 Å². The molecule has 1 rings (SSSR count). The highest BCUT2D eigenvalue weighted by molar-refractivity contribution is 5.25. The van der Waals surface area contributed by atoms with Crippen molar-refractivity contribution in [2.45, 2.75) is 58.5 Å². The molecule has 0 aromatic heterocycles. The minimum Gasteiger partial charge on any atom is -0.323 e. The second kappa shape index (κ2) is 8.34. The summed E-state index contributed by atoms with van der Waals surface area (Å²) in [6.45, 7) is 7.63. The topological polar surface area (TPSA) is 29.3 Å². The Morgan fingerprint density at radius 1 is 1.05 bits per heavy atom. The van der Waals surface area contributed by atoms with Crippen LogP contribution in [0.1, 0.15) is 57.2 Å². The lowest BCUT2D eigenvalue weighted by atomic mass is 10.0. The van der Waals surface area contributed by atoms with Crippen LogP contribution >= 0.6 is 0 Å². The molecular formula is C17H30N2. The van der Waals surface area contributed by atoms with Crippen LogP contribution in [-0.4, -0.2) is 24.5 Å². The Hall–Kier alpha value is -0.860. The number of benzene rings is 1. The van der Waals surface area contributed by atoms with Crippen molar-refractivity contribution in [2.24, 2.45) is 5.73 Å². The van der Waals surface area contributed by atoms with Gasteiger partial charge in [-0.25, -0.2) is 0 Å². The highest BCUT2D eigenvalue weighted by Gasteiger charge is 2.14. The quantitative estimate of drug-likeness (QED) is 0.773. The van der Waals surface area contributed by atoms with Crippen LogP contribution in [0.5, 0.6) is 0 Å². The van der Waals surface area contributed by atoms with Crippen molar-refractivity contribution in [3.05, 3.63) is 35.4 Å². The summed E-state index contributed by atoms with van der Waals surface area (Å²) in [4.78, 5) is 2.39. The molecule has 108 valence electrons. The Labute approximate surface area is 119 Å². The van der Waals surface area contributed by atoms with Gasteiger partial charge < -0.3 is 10.6 Å². The van der Waals surface area contributed by atoms with E-state index >= 15 is 0 Å². The van der Waals surface area contributed by atoms with Crippen molar-refractivity contribution in [1.82, 2.24) is 4.90 Å². The minimum absolute atomic E-state index is 0.112. The zero-order valence-electron chi connectivity index (χ0n) is 13.0. The monoisotopic (exact) mass is 262 g/mol. The first-order valence-corrected chi connectivity index (χ1v) is 7.66. The lowest BCUT2D eigenvalue weighted by Gasteiger charge is -2.28. The Morgan fingerprint density at radius 2 is 1.63 bits per heavy atom. The molecule has 0 saturated heterocycles. The number of nitrogens with zero attached hydrogens (tertiary/aromatic N) is 1. The third-order valence-electron chi connectivity index (χ3n) is 4.00. The molecule has 0 bridgehead atoms. The van der Waals surface area contributed by atoms with E-state index in [1.807, 2.05) is 0 Å².